The first-order chi connectivity index (χ1) is 8.81. The lowest BCUT2D eigenvalue weighted by molar-refractivity contribution is 1.23. The summed E-state index contributed by atoms with van der Waals surface area (Å²) in [6.07, 6.45) is 4.15. The van der Waals surface area contributed by atoms with E-state index < -0.39 is 0 Å². The maximum absolute atomic E-state index is 4.55. The highest BCUT2D eigenvalue weighted by molar-refractivity contribution is 5.81. The molecular formula is C15H19N3. The summed E-state index contributed by atoms with van der Waals surface area (Å²) >= 11 is 0. The molecule has 1 aromatic carbocycles. The van der Waals surface area contributed by atoms with Crippen molar-refractivity contribution in [3.05, 3.63) is 41.7 Å². The summed E-state index contributed by atoms with van der Waals surface area (Å²) in [5.74, 6) is 0.909. The van der Waals surface area contributed by atoms with Gasteiger partial charge in [0.25, 0.3) is 0 Å². The van der Waals surface area contributed by atoms with Crippen LogP contribution in [0.5, 0.6) is 0 Å². The number of nitrogens with one attached hydrogen (secondary N) is 1. The molecule has 0 atom stereocenters. The molecule has 3 rings (SSSR count). The third-order valence-corrected chi connectivity index (χ3v) is 2.81. The second-order valence-electron chi connectivity index (χ2n) is 3.89. The molecule has 0 radical (unpaired) electrons. The average molecular weight is 241 g/mol. The molecule has 0 aliphatic heterocycles. The Labute approximate surface area is 107 Å². The van der Waals surface area contributed by atoms with E-state index in [0.717, 1.165) is 22.5 Å². The van der Waals surface area contributed by atoms with E-state index in [1.165, 1.54) is 5.69 Å². The molecule has 94 valence electrons. The Morgan fingerprint density at radius 1 is 1.22 bits per heavy atom. The second-order valence-corrected chi connectivity index (χ2v) is 3.89. The molecule has 3 aromatic rings. The number of H-pyrrole nitrogens is 1. The molecule has 2 aromatic heterocycles. The largest absolute Gasteiger partial charge is 0.327 e. The van der Waals surface area contributed by atoms with Crippen LogP contribution in [-0.4, -0.2) is 14.4 Å². The SMILES string of the molecule is C/C=C\c1c(C)[nH]c2nc3ccccc3n12.CC. The van der Waals surface area contributed by atoms with Gasteiger partial charge in [0.1, 0.15) is 0 Å². The summed E-state index contributed by atoms with van der Waals surface area (Å²) in [6, 6.07) is 8.18. The summed E-state index contributed by atoms with van der Waals surface area (Å²) in [6.45, 7) is 8.09. The average Bonchev–Trinajstić information content (AvgIpc) is 2.89. The fourth-order valence-corrected chi connectivity index (χ4v) is 2.11. The Balaban J connectivity index is 0.000000574. The van der Waals surface area contributed by atoms with Crippen molar-refractivity contribution in [2.24, 2.45) is 0 Å². The predicted molar refractivity (Wildman–Crippen MR) is 77.8 cm³/mol. The van der Waals surface area contributed by atoms with E-state index in [1.807, 2.05) is 45.0 Å². The van der Waals surface area contributed by atoms with Crippen molar-refractivity contribution >= 4 is 22.9 Å². The lowest BCUT2D eigenvalue weighted by atomic mass is 10.3. The normalized spacial score (nSPS) is 11.1. The molecule has 0 unspecified atom stereocenters. The molecule has 0 saturated carbocycles. The van der Waals surface area contributed by atoms with Gasteiger partial charge in [-0.2, -0.15) is 0 Å². The standard InChI is InChI=1S/C13H13N3.C2H6/c1-3-6-11-9(2)14-13-15-10-7-4-5-8-12(10)16(11)13;1-2/h3-8H,1-2H3,(H,14,15);1-2H3/b6-3-;. The number of imidazole rings is 2. The third kappa shape index (κ3) is 1.82. The number of aromatic nitrogens is 3. The Morgan fingerprint density at radius 3 is 2.67 bits per heavy atom. The van der Waals surface area contributed by atoms with Crippen molar-refractivity contribution in [3.8, 4) is 0 Å². The monoisotopic (exact) mass is 241 g/mol. The molecule has 0 aliphatic rings. The smallest absolute Gasteiger partial charge is 0.213 e. The number of nitrogens with zero attached hydrogens (tertiary/aromatic N) is 2. The third-order valence-electron chi connectivity index (χ3n) is 2.81. The van der Waals surface area contributed by atoms with Gasteiger partial charge in [0, 0.05) is 5.69 Å². The maximum Gasteiger partial charge on any atom is 0.213 e. The lowest BCUT2D eigenvalue weighted by Crippen LogP contribution is -1.85. The van der Waals surface area contributed by atoms with Gasteiger partial charge in [0.15, 0.2) is 0 Å². The van der Waals surface area contributed by atoms with Gasteiger partial charge in [-0.15, -0.1) is 0 Å². The van der Waals surface area contributed by atoms with Crippen molar-refractivity contribution in [3.63, 3.8) is 0 Å². The second kappa shape index (κ2) is 5.08. The van der Waals surface area contributed by atoms with Crippen molar-refractivity contribution < 1.29 is 0 Å². The van der Waals surface area contributed by atoms with Crippen LogP contribution in [0.15, 0.2) is 30.3 Å². The minimum absolute atomic E-state index is 0.909. The molecule has 0 spiro atoms. The van der Waals surface area contributed by atoms with Crippen LogP contribution in [-0.2, 0) is 0 Å². The van der Waals surface area contributed by atoms with Crippen LogP contribution >= 0.6 is 0 Å². The summed E-state index contributed by atoms with van der Waals surface area (Å²) in [5.41, 5.74) is 4.49. The predicted octanol–water partition coefficient (Wildman–Crippen LogP) is 4.18. The molecule has 1 N–H and O–H groups in total. The van der Waals surface area contributed by atoms with Crippen molar-refractivity contribution in [2.75, 3.05) is 0 Å². The zero-order valence-corrected chi connectivity index (χ0v) is 11.4. The summed E-state index contributed by atoms with van der Waals surface area (Å²) < 4.78 is 2.16. The molecule has 2 heterocycles. The molecule has 18 heavy (non-hydrogen) atoms. The van der Waals surface area contributed by atoms with E-state index in [2.05, 4.69) is 33.4 Å². The van der Waals surface area contributed by atoms with E-state index in [1.54, 1.807) is 0 Å². The zero-order valence-electron chi connectivity index (χ0n) is 11.4. The van der Waals surface area contributed by atoms with E-state index in [4.69, 9.17) is 0 Å². The number of hydrogen-bond acceptors (Lipinski definition) is 1. The maximum atomic E-state index is 4.55. The summed E-state index contributed by atoms with van der Waals surface area (Å²) in [5, 5.41) is 0. The topological polar surface area (TPSA) is 33.1 Å². The van der Waals surface area contributed by atoms with Crippen molar-refractivity contribution in [1.29, 1.82) is 0 Å². The Morgan fingerprint density at radius 2 is 1.94 bits per heavy atom. The highest BCUT2D eigenvalue weighted by atomic mass is 15.1. The summed E-state index contributed by atoms with van der Waals surface area (Å²) in [4.78, 5) is 7.85. The molecule has 0 bridgehead atoms. The molecule has 0 amide bonds. The first-order valence-electron chi connectivity index (χ1n) is 6.39. The van der Waals surface area contributed by atoms with E-state index >= 15 is 0 Å². The lowest BCUT2D eigenvalue weighted by Gasteiger charge is -1.95. The molecule has 3 heteroatoms. The number of allylic oxidation sites excluding steroid dienone is 1. The highest BCUT2D eigenvalue weighted by Gasteiger charge is 2.10. The highest BCUT2D eigenvalue weighted by Crippen LogP contribution is 2.21. The van der Waals surface area contributed by atoms with Gasteiger partial charge in [-0.3, -0.25) is 4.40 Å². The van der Waals surface area contributed by atoms with E-state index in [-0.39, 0.29) is 0 Å². The van der Waals surface area contributed by atoms with Crippen LogP contribution in [0.3, 0.4) is 0 Å². The number of para-hydroxylation sites is 2. The Kier molecular flexibility index (Phi) is 3.51. The van der Waals surface area contributed by atoms with E-state index in [9.17, 15) is 0 Å². The fourth-order valence-electron chi connectivity index (χ4n) is 2.11. The van der Waals surface area contributed by atoms with Crippen LogP contribution in [0.4, 0.5) is 0 Å². The van der Waals surface area contributed by atoms with Gasteiger partial charge in [-0.1, -0.05) is 32.1 Å². The molecule has 0 aliphatic carbocycles. The minimum atomic E-state index is 0.909. The van der Waals surface area contributed by atoms with Gasteiger partial charge in [-0.05, 0) is 32.1 Å². The fraction of sp³-hybridized carbons (Fsp3) is 0.267. The van der Waals surface area contributed by atoms with Crippen molar-refractivity contribution in [1.82, 2.24) is 14.4 Å². The zero-order chi connectivity index (χ0) is 13.1. The van der Waals surface area contributed by atoms with Gasteiger partial charge in [-0.25, -0.2) is 4.98 Å². The van der Waals surface area contributed by atoms with Crippen LogP contribution in [0.1, 0.15) is 32.2 Å². The van der Waals surface area contributed by atoms with Crippen LogP contribution < -0.4 is 0 Å². The number of hydrogen-bond donors (Lipinski definition) is 1. The molecular weight excluding hydrogens is 222 g/mol. The van der Waals surface area contributed by atoms with Gasteiger partial charge >= 0.3 is 0 Å². The molecule has 3 nitrogen and oxygen atoms in total. The van der Waals surface area contributed by atoms with Crippen LogP contribution in [0, 0.1) is 6.92 Å². The first-order valence-corrected chi connectivity index (χ1v) is 6.39. The number of rotatable bonds is 1. The quantitative estimate of drug-likeness (QED) is 0.681. The minimum Gasteiger partial charge on any atom is -0.327 e. The van der Waals surface area contributed by atoms with Crippen LogP contribution in [0.25, 0.3) is 22.9 Å². The Hall–Kier alpha value is -2.03. The summed E-state index contributed by atoms with van der Waals surface area (Å²) in [7, 11) is 0. The van der Waals surface area contributed by atoms with Gasteiger partial charge in [0.2, 0.25) is 5.78 Å². The van der Waals surface area contributed by atoms with Crippen molar-refractivity contribution in [2.45, 2.75) is 27.7 Å². The molecule has 0 saturated heterocycles. The van der Waals surface area contributed by atoms with E-state index in [0.29, 0.717) is 0 Å². The number of aromatic amines is 1. The van der Waals surface area contributed by atoms with Gasteiger partial charge in [0.05, 0.1) is 16.7 Å². The Bertz CT molecular complexity index is 686. The number of aryl methyl sites for hydroxylation is 1. The molecule has 0 fully saturated rings. The number of fused-ring (bicyclic) bond motifs is 3. The first kappa shape index (κ1) is 12.4. The van der Waals surface area contributed by atoms with Gasteiger partial charge < -0.3 is 4.98 Å². The van der Waals surface area contributed by atoms with Crippen LogP contribution in [0.2, 0.25) is 0 Å². The number of benzene rings is 1.